The SMILES string of the molecule is CN(Cc1nccn1Cc1ccccc1)c1cnn(-c2ccc(F)cc2F)c(=O)c1Cl. The van der Waals surface area contributed by atoms with Crippen molar-refractivity contribution in [3.8, 4) is 5.69 Å². The number of rotatable bonds is 6. The molecule has 4 aromatic rings. The summed E-state index contributed by atoms with van der Waals surface area (Å²) in [5.74, 6) is -0.881. The van der Waals surface area contributed by atoms with Crippen LogP contribution in [0, 0.1) is 11.6 Å². The summed E-state index contributed by atoms with van der Waals surface area (Å²) < 4.78 is 30.1. The van der Waals surface area contributed by atoms with E-state index in [0.29, 0.717) is 24.8 Å². The summed E-state index contributed by atoms with van der Waals surface area (Å²) in [6.07, 6.45) is 4.96. The third kappa shape index (κ3) is 4.34. The van der Waals surface area contributed by atoms with Gasteiger partial charge in [0.2, 0.25) is 0 Å². The number of anilines is 1. The fourth-order valence-electron chi connectivity index (χ4n) is 3.23. The Morgan fingerprint density at radius 3 is 2.65 bits per heavy atom. The van der Waals surface area contributed by atoms with Gasteiger partial charge < -0.3 is 9.47 Å². The zero-order chi connectivity index (χ0) is 22.0. The van der Waals surface area contributed by atoms with Crippen molar-refractivity contribution in [2.45, 2.75) is 13.1 Å². The highest BCUT2D eigenvalue weighted by Gasteiger charge is 2.17. The molecule has 0 atom stereocenters. The van der Waals surface area contributed by atoms with Crippen LogP contribution in [0.25, 0.3) is 5.69 Å². The fourth-order valence-corrected chi connectivity index (χ4v) is 3.50. The highest BCUT2D eigenvalue weighted by molar-refractivity contribution is 6.33. The lowest BCUT2D eigenvalue weighted by Gasteiger charge is -2.21. The first kappa shape index (κ1) is 20.7. The normalized spacial score (nSPS) is 11.0. The minimum absolute atomic E-state index is 0.123. The summed E-state index contributed by atoms with van der Waals surface area (Å²) in [5, 5.41) is 3.91. The van der Waals surface area contributed by atoms with Crippen molar-refractivity contribution in [3.63, 3.8) is 0 Å². The van der Waals surface area contributed by atoms with E-state index < -0.39 is 17.2 Å². The van der Waals surface area contributed by atoms with Gasteiger partial charge in [0.15, 0.2) is 5.82 Å². The molecule has 0 unspecified atom stereocenters. The first-order valence-corrected chi connectivity index (χ1v) is 9.80. The lowest BCUT2D eigenvalue weighted by Crippen LogP contribution is -2.27. The molecule has 2 aromatic carbocycles. The number of imidazole rings is 1. The van der Waals surface area contributed by atoms with Gasteiger partial charge in [0.1, 0.15) is 22.4 Å². The third-order valence-electron chi connectivity index (χ3n) is 4.83. The third-order valence-corrected chi connectivity index (χ3v) is 5.18. The predicted molar refractivity (Wildman–Crippen MR) is 115 cm³/mol. The molecule has 0 spiro atoms. The van der Waals surface area contributed by atoms with Crippen molar-refractivity contribution in [2.24, 2.45) is 0 Å². The lowest BCUT2D eigenvalue weighted by molar-refractivity contribution is 0.570. The van der Waals surface area contributed by atoms with Crippen LogP contribution >= 0.6 is 11.6 Å². The van der Waals surface area contributed by atoms with E-state index >= 15 is 0 Å². The molecule has 158 valence electrons. The number of aromatic nitrogens is 4. The molecule has 2 aromatic heterocycles. The zero-order valence-corrected chi connectivity index (χ0v) is 17.3. The van der Waals surface area contributed by atoms with Gasteiger partial charge in [-0.25, -0.2) is 13.8 Å². The maximum absolute atomic E-state index is 14.1. The molecular weight excluding hydrogens is 424 g/mol. The molecule has 0 amide bonds. The molecule has 0 fully saturated rings. The number of benzene rings is 2. The summed E-state index contributed by atoms with van der Waals surface area (Å²) in [5.41, 5.74) is 0.623. The number of halogens is 3. The number of hydrogen-bond donors (Lipinski definition) is 0. The highest BCUT2D eigenvalue weighted by Crippen LogP contribution is 2.23. The second-order valence-electron chi connectivity index (χ2n) is 6.97. The van der Waals surface area contributed by atoms with Crippen LogP contribution in [0.2, 0.25) is 5.02 Å². The Kier molecular flexibility index (Phi) is 5.81. The Morgan fingerprint density at radius 1 is 1.13 bits per heavy atom. The summed E-state index contributed by atoms with van der Waals surface area (Å²) in [6, 6.07) is 12.8. The Balaban J connectivity index is 1.59. The van der Waals surface area contributed by atoms with Gasteiger partial charge in [-0.2, -0.15) is 9.78 Å². The number of hydrogen-bond acceptors (Lipinski definition) is 4. The van der Waals surface area contributed by atoms with Gasteiger partial charge in [-0.15, -0.1) is 0 Å². The molecule has 6 nitrogen and oxygen atoms in total. The van der Waals surface area contributed by atoms with Crippen LogP contribution in [0.4, 0.5) is 14.5 Å². The minimum atomic E-state index is -0.908. The lowest BCUT2D eigenvalue weighted by atomic mass is 10.2. The topological polar surface area (TPSA) is 56.0 Å². The molecule has 31 heavy (non-hydrogen) atoms. The van der Waals surface area contributed by atoms with Crippen molar-refractivity contribution < 1.29 is 8.78 Å². The Morgan fingerprint density at radius 2 is 1.90 bits per heavy atom. The molecule has 4 rings (SSSR count). The van der Waals surface area contributed by atoms with E-state index in [1.54, 1.807) is 18.1 Å². The van der Waals surface area contributed by atoms with Crippen LogP contribution in [0.5, 0.6) is 0 Å². The summed E-state index contributed by atoms with van der Waals surface area (Å²) >= 11 is 6.30. The van der Waals surface area contributed by atoms with Crippen molar-refractivity contribution in [1.82, 2.24) is 19.3 Å². The van der Waals surface area contributed by atoms with E-state index in [4.69, 9.17) is 11.6 Å². The van der Waals surface area contributed by atoms with Crippen molar-refractivity contribution in [2.75, 3.05) is 11.9 Å². The average molecular weight is 442 g/mol. The first-order valence-electron chi connectivity index (χ1n) is 9.42. The van der Waals surface area contributed by atoms with Crippen LogP contribution in [-0.4, -0.2) is 26.4 Å². The molecule has 0 saturated heterocycles. The van der Waals surface area contributed by atoms with Crippen molar-refractivity contribution >= 4 is 17.3 Å². The zero-order valence-electron chi connectivity index (χ0n) is 16.5. The quantitative estimate of drug-likeness (QED) is 0.453. The Hall–Kier alpha value is -3.52. The summed E-state index contributed by atoms with van der Waals surface area (Å²) in [6.45, 7) is 1.02. The van der Waals surface area contributed by atoms with Crippen LogP contribution < -0.4 is 10.5 Å². The fraction of sp³-hybridized carbons (Fsp3) is 0.136. The molecule has 0 N–H and O–H groups in total. The Labute approximate surface area is 182 Å². The van der Waals surface area contributed by atoms with E-state index in [2.05, 4.69) is 10.1 Å². The second kappa shape index (κ2) is 8.69. The van der Waals surface area contributed by atoms with Crippen LogP contribution in [0.1, 0.15) is 11.4 Å². The van der Waals surface area contributed by atoms with E-state index in [1.165, 1.54) is 6.20 Å². The van der Waals surface area contributed by atoms with Gasteiger partial charge in [0.05, 0.1) is 18.4 Å². The van der Waals surface area contributed by atoms with E-state index in [1.807, 2.05) is 41.1 Å². The van der Waals surface area contributed by atoms with E-state index in [9.17, 15) is 13.6 Å². The van der Waals surface area contributed by atoms with Gasteiger partial charge in [-0.3, -0.25) is 4.79 Å². The van der Waals surface area contributed by atoms with Gasteiger partial charge in [-0.05, 0) is 17.7 Å². The molecule has 0 aliphatic carbocycles. The van der Waals surface area contributed by atoms with Gasteiger partial charge in [0.25, 0.3) is 5.56 Å². The maximum Gasteiger partial charge on any atom is 0.292 e. The highest BCUT2D eigenvalue weighted by atomic mass is 35.5. The monoisotopic (exact) mass is 441 g/mol. The van der Waals surface area contributed by atoms with Crippen molar-refractivity contribution in [3.05, 3.63) is 106 Å². The van der Waals surface area contributed by atoms with Gasteiger partial charge in [-0.1, -0.05) is 41.9 Å². The molecule has 2 heterocycles. The summed E-state index contributed by atoms with van der Waals surface area (Å²) in [7, 11) is 1.76. The van der Waals surface area contributed by atoms with E-state index in [0.717, 1.165) is 28.2 Å². The van der Waals surface area contributed by atoms with Crippen molar-refractivity contribution in [1.29, 1.82) is 0 Å². The van der Waals surface area contributed by atoms with Crippen LogP contribution in [-0.2, 0) is 13.1 Å². The van der Waals surface area contributed by atoms with Gasteiger partial charge in [0, 0.05) is 32.1 Å². The molecule has 0 bridgehead atoms. The minimum Gasteiger partial charge on any atom is -0.364 e. The smallest absolute Gasteiger partial charge is 0.292 e. The summed E-state index contributed by atoms with van der Waals surface area (Å²) in [4.78, 5) is 18.8. The second-order valence-corrected chi connectivity index (χ2v) is 7.35. The largest absolute Gasteiger partial charge is 0.364 e. The standard InChI is InChI=1S/C22H18ClF2N5O/c1-28(14-20-26-9-10-29(20)13-15-5-3-2-4-6-15)19-12-27-30(22(31)21(19)23)18-8-7-16(24)11-17(18)25/h2-12H,13-14H2,1H3. The molecule has 0 aliphatic heterocycles. The average Bonchev–Trinajstić information content (AvgIpc) is 3.17. The maximum atomic E-state index is 14.1. The molecule has 0 radical (unpaired) electrons. The predicted octanol–water partition coefficient (Wildman–Crippen LogP) is 4.05. The van der Waals surface area contributed by atoms with Gasteiger partial charge >= 0.3 is 0 Å². The number of nitrogens with zero attached hydrogens (tertiary/aromatic N) is 5. The van der Waals surface area contributed by atoms with Crippen LogP contribution in [0.15, 0.2) is 71.9 Å². The Bertz CT molecular complexity index is 1270. The molecule has 0 aliphatic rings. The molecule has 9 heteroatoms. The van der Waals surface area contributed by atoms with Crippen LogP contribution in [0.3, 0.4) is 0 Å². The van der Waals surface area contributed by atoms with E-state index in [-0.39, 0.29) is 10.7 Å². The first-order chi connectivity index (χ1) is 14.9. The molecular formula is C22H18ClF2N5O. The molecule has 0 saturated carbocycles.